The predicted octanol–water partition coefficient (Wildman–Crippen LogP) is 4.07. The van der Waals surface area contributed by atoms with Gasteiger partial charge < -0.3 is 9.42 Å². The molecule has 0 saturated heterocycles. The minimum atomic E-state index is -2.79. The van der Waals surface area contributed by atoms with Gasteiger partial charge in [-0.15, -0.1) is 11.8 Å². The molecule has 1 rings (SSSR count). The standard InChI is InChI=1S/C12H19O2PS3/c1-3-10-9-12(18-2)7-6-11(10)5-4-8-14-15(13,16)17/h6-7,9H,3-5,8H2,1-2H3,(H2,13,16,17). The van der Waals surface area contributed by atoms with E-state index in [1.54, 1.807) is 11.8 Å². The second-order valence-electron chi connectivity index (χ2n) is 3.92. The quantitative estimate of drug-likeness (QED) is 0.343. The highest BCUT2D eigenvalue weighted by Gasteiger charge is 2.06. The van der Waals surface area contributed by atoms with Crippen LogP contribution in [-0.4, -0.2) is 17.8 Å². The molecule has 1 N–H and O–H groups in total. The van der Waals surface area contributed by atoms with Crippen LogP contribution in [0.25, 0.3) is 0 Å². The number of benzene rings is 1. The number of thioether (sulfide) groups is 1. The number of rotatable bonds is 7. The largest absolute Gasteiger partial charge is 0.338 e. The van der Waals surface area contributed by atoms with E-state index in [1.165, 1.54) is 16.0 Å². The molecule has 2 nitrogen and oxygen atoms in total. The van der Waals surface area contributed by atoms with E-state index in [4.69, 9.17) is 16.3 Å². The lowest BCUT2D eigenvalue weighted by Gasteiger charge is -2.11. The van der Waals surface area contributed by atoms with Gasteiger partial charge >= 0.3 is 0 Å². The van der Waals surface area contributed by atoms with Crippen LogP contribution in [-0.2, 0) is 29.2 Å². The summed E-state index contributed by atoms with van der Waals surface area (Å²) in [4.78, 5) is 10.5. The maximum Gasteiger partial charge on any atom is 0.241 e. The summed E-state index contributed by atoms with van der Waals surface area (Å²) in [6.07, 6.45) is 4.92. The molecule has 6 heteroatoms. The Bertz CT molecular complexity index is 431. The van der Waals surface area contributed by atoms with Crippen LogP contribution in [0.5, 0.6) is 0 Å². The third kappa shape index (κ3) is 6.09. The highest BCUT2D eigenvalue weighted by molar-refractivity contribution is 8.59. The van der Waals surface area contributed by atoms with Crippen molar-refractivity contribution >= 4 is 41.5 Å². The summed E-state index contributed by atoms with van der Waals surface area (Å²) in [5.41, 5.74) is -0.0575. The number of hydrogen-bond donors (Lipinski definition) is 2. The van der Waals surface area contributed by atoms with Crippen molar-refractivity contribution < 1.29 is 9.42 Å². The number of hydrogen-bond acceptors (Lipinski definition) is 3. The van der Waals surface area contributed by atoms with Crippen molar-refractivity contribution in [3.63, 3.8) is 0 Å². The number of thiol groups is 1. The minimum Gasteiger partial charge on any atom is -0.338 e. The molecule has 0 fully saturated rings. The van der Waals surface area contributed by atoms with Gasteiger partial charge in [0.15, 0.2) is 0 Å². The van der Waals surface area contributed by atoms with E-state index in [2.05, 4.69) is 43.6 Å². The monoisotopic (exact) mass is 322 g/mol. The Morgan fingerprint density at radius 3 is 2.72 bits per heavy atom. The third-order valence-electron chi connectivity index (χ3n) is 2.64. The molecule has 0 aliphatic carbocycles. The molecule has 1 aromatic rings. The highest BCUT2D eigenvalue weighted by atomic mass is 32.9. The molecular weight excluding hydrogens is 303 g/mol. The molecule has 0 heterocycles. The predicted molar refractivity (Wildman–Crippen MR) is 87.4 cm³/mol. The van der Waals surface area contributed by atoms with Crippen molar-refractivity contribution in [3.05, 3.63) is 29.3 Å². The van der Waals surface area contributed by atoms with Crippen molar-refractivity contribution in [1.29, 1.82) is 0 Å². The van der Waals surface area contributed by atoms with Crippen molar-refractivity contribution in [2.75, 3.05) is 12.9 Å². The smallest absolute Gasteiger partial charge is 0.241 e. The van der Waals surface area contributed by atoms with Crippen LogP contribution in [0, 0.1) is 0 Å². The maximum absolute atomic E-state index is 9.25. The minimum absolute atomic E-state index is 0.463. The first-order valence-corrected chi connectivity index (χ1v) is 10.9. The zero-order valence-corrected chi connectivity index (χ0v) is 14.0. The molecule has 0 amide bonds. The Balaban J connectivity index is 2.54. The zero-order chi connectivity index (χ0) is 13.6. The molecular formula is C12H19O2PS3. The van der Waals surface area contributed by atoms with Crippen LogP contribution in [0.15, 0.2) is 23.1 Å². The second-order valence-corrected chi connectivity index (χ2v) is 9.96. The van der Waals surface area contributed by atoms with E-state index in [1.807, 2.05) is 0 Å². The lowest BCUT2D eigenvalue weighted by Crippen LogP contribution is -1.97. The highest BCUT2D eigenvalue weighted by Crippen LogP contribution is 2.47. The van der Waals surface area contributed by atoms with Crippen molar-refractivity contribution in [2.24, 2.45) is 0 Å². The van der Waals surface area contributed by atoms with Gasteiger partial charge in [0.05, 0.1) is 6.61 Å². The van der Waals surface area contributed by atoms with Crippen LogP contribution in [0.3, 0.4) is 0 Å². The van der Waals surface area contributed by atoms with Crippen LogP contribution in [0.1, 0.15) is 24.5 Å². The van der Waals surface area contributed by atoms with E-state index < -0.39 is 5.69 Å². The fraction of sp³-hybridized carbons (Fsp3) is 0.500. The topological polar surface area (TPSA) is 29.5 Å². The maximum atomic E-state index is 9.25. The first-order valence-electron chi connectivity index (χ1n) is 5.82. The molecule has 102 valence electrons. The molecule has 0 aliphatic rings. The SMILES string of the molecule is CCc1cc(SC)ccc1CCCOP(O)(=S)S. The molecule has 0 aromatic heterocycles. The summed E-state index contributed by atoms with van der Waals surface area (Å²) < 4.78 is 5.11. The normalized spacial score (nSPS) is 14.4. The fourth-order valence-electron chi connectivity index (χ4n) is 1.75. The Morgan fingerprint density at radius 2 is 2.17 bits per heavy atom. The van der Waals surface area contributed by atoms with E-state index in [0.717, 1.165) is 19.3 Å². The van der Waals surface area contributed by atoms with Gasteiger partial charge in [-0.3, -0.25) is 0 Å². The number of aryl methyl sites for hydroxylation is 2. The Kier molecular flexibility index (Phi) is 7.29. The van der Waals surface area contributed by atoms with E-state index >= 15 is 0 Å². The van der Waals surface area contributed by atoms with Gasteiger partial charge in [-0.05, 0) is 60.6 Å². The van der Waals surface area contributed by atoms with Gasteiger partial charge in [0.25, 0.3) is 0 Å². The summed E-state index contributed by atoms with van der Waals surface area (Å²) in [6.45, 7) is 2.63. The van der Waals surface area contributed by atoms with E-state index in [-0.39, 0.29) is 0 Å². The van der Waals surface area contributed by atoms with Crippen LogP contribution in [0.4, 0.5) is 0 Å². The molecule has 18 heavy (non-hydrogen) atoms. The molecule has 0 bridgehead atoms. The fourth-order valence-corrected chi connectivity index (χ4v) is 3.05. The van der Waals surface area contributed by atoms with Gasteiger partial charge in [0, 0.05) is 4.90 Å². The van der Waals surface area contributed by atoms with Crippen LogP contribution in [0.2, 0.25) is 0 Å². The molecule has 1 atom stereocenters. The van der Waals surface area contributed by atoms with Crippen LogP contribution < -0.4 is 0 Å². The summed E-state index contributed by atoms with van der Waals surface area (Å²) in [7, 11) is 0. The molecule has 1 aromatic carbocycles. The lowest BCUT2D eigenvalue weighted by molar-refractivity contribution is 0.314. The average molecular weight is 322 g/mol. The lowest BCUT2D eigenvalue weighted by atomic mass is 10.0. The summed E-state index contributed by atoms with van der Waals surface area (Å²) in [5, 5.41) is 0. The average Bonchev–Trinajstić information content (AvgIpc) is 2.33. The Labute approximate surface area is 124 Å². The van der Waals surface area contributed by atoms with Crippen molar-refractivity contribution in [2.45, 2.75) is 31.1 Å². The van der Waals surface area contributed by atoms with E-state index in [9.17, 15) is 4.89 Å². The Hall–Kier alpha value is 0.490. The first kappa shape index (κ1) is 16.5. The van der Waals surface area contributed by atoms with Crippen LogP contribution >= 0.6 is 29.7 Å². The van der Waals surface area contributed by atoms with Gasteiger partial charge in [-0.1, -0.05) is 25.2 Å². The summed E-state index contributed by atoms with van der Waals surface area (Å²) in [6, 6.07) is 6.57. The van der Waals surface area contributed by atoms with E-state index in [0.29, 0.717) is 6.61 Å². The van der Waals surface area contributed by atoms with Gasteiger partial charge in [0.2, 0.25) is 5.69 Å². The molecule has 0 spiro atoms. The Morgan fingerprint density at radius 1 is 1.44 bits per heavy atom. The van der Waals surface area contributed by atoms with Gasteiger partial charge in [0.1, 0.15) is 0 Å². The summed E-state index contributed by atoms with van der Waals surface area (Å²) >= 11 is 10.3. The first-order chi connectivity index (χ1) is 8.46. The van der Waals surface area contributed by atoms with Gasteiger partial charge in [-0.2, -0.15) is 0 Å². The van der Waals surface area contributed by atoms with Crippen molar-refractivity contribution in [1.82, 2.24) is 0 Å². The molecule has 0 aliphatic heterocycles. The van der Waals surface area contributed by atoms with Crippen molar-refractivity contribution in [3.8, 4) is 0 Å². The zero-order valence-electron chi connectivity index (χ0n) is 10.6. The molecule has 0 saturated carbocycles. The summed E-state index contributed by atoms with van der Waals surface area (Å²) in [5.74, 6) is 0. The van der Waals surface area contributed by atoms with Gasteiger partial charge in [-0.25, -0.2) is 0 Å². The second kappa shape index (κ2) is 7.93. The third-order valence-corrected chi connectivity index (χ3v) is 4.55. The molecule has 0 radical (unpaired) electrons. The molecule has 1 unspecified atom stereocenters.